The Morgan fingerprint density at radius 2 is 1.85 bits per heavy atom. The third kappa shape index (κ3) is 5.37. The van der Waals surface area contributed by atoms with Gasteiger partial charge in [0.25, 0.3) is 5.91 Å². The predicted octanol–water partition coefficient (Wildman–Crippen LogP) is 4.57. The van der Waals surface area contributed by atoms with Crippen LogP contribution in [-0.4, -0.2) is 31.2 Å². The van der Waals surface area contributed by atoms with Crippen molar-refractivity contribution in [3.63, 3.8) is 0 Å². The third-order valence-electron chi connectivity index (χ3n) is 5.41. The van der Waals surface area contributed by atoms with Gasteiger partial charge in [-0.05, 0) is 53.9 Å². The molecule has 1 aromatic heterocycles. The summed E-state index contributed by atoms with van der Waals surface area (Å²) in [5, 5.41) is 3.15. The summed E-state index contributed by atoms with van der Waals surface area (Å²) in [6.07, 6.45) is 1.71. The number of benzene rings is 2. The summed E-state index contributed by atoms with van der Waals surface area (Å²) in [5.41, 5.74) is 2.23. The molecule has 0 saturated carbocycles. The first-order valence-corrected chi connectivity index (χ1v) is 11.0. The zero-order valence-corrected chi connectivity index (χ0v) is 19.0. The fraction of sp³-hybridized carbons (Fsp3) is 0.308. The number of rotatable bonds is 8. The molecule has 0 saturated heterocycles. The number of fused-ring (bicyclic) bond motifs is 1. The Morgan fingerprint density at radius 3 is 2.58 bits per heavy atom. The van der Waals surface area contributed by atoms with E-state index in [-0.39, 0.29) is 24.5 Å². The van der Waals surface area contributed by atoms with Crippen molar-refractivity contribution < 1.29 is 23.7 Å². The van der Waals surface area contributed by atoms with Gasteiger partial charge >= 0.3 is 0 Å². The molecule has 7 heteroatoms. The number of amides is 1. The second-order valence-electron chi connectivity index (χ2n) is 8.07. The number of methoxy groups -OCH3 is 1. The minimum Gasteiger partial charge on any atom is -0.493 e. The summed E-state index contributed by atoms with van der Waals surface area (Å²) in [4.78, 5) is 17.4. The molecule has 0 aliphatic carbocycles. The summed E-state index contributed by atoms with van der Waals surface area (Å²) in [6.45, 7) is 5.46. The van der Waals surface area contributed by atoms with Crippen molar-refractivity contribution >= 4 is 5.91 Å². The maximum Gasteiger partial charge on any atom is 0.251 e. The molecule has 7 nitrogen and oxygen atoms in total. The predicted molar refractivity (Wildman–Crippen MR) is 124 cm³/mol. The fourth-order valence-corrected chi connectivity index (χ4v) is 3.68. The fourth-order valence-electron chi connectivity index (χ4n) is 3.68. The largest absolute Gasteiger partial charge is 0.493 e. The van der Waals surface area contributed by atoms with E-state index in [4.69, 9.17) is 18.9 Å². The summed E-state index contributed by atoms with van der Waals surface area (Å²) < 4.78 is 22.6. The number of hydrogen-bond acceptors (Lipinski definition) is 6. The molecule has 1 unspecified atom stereocenters. The van der Waals surface area contributed by atoms with Crippen LogP contribution < -0.4 is 24.3 Å². The van der Waals surface area contributed by atoms with Crippen LogP contribution in [0.25, 0.3) is 0 Å². The Labute approximate surface area is 193 Å². The molecule has 1 aliphatic rings. The van der Waals surface area contributed by atoms with Crippen LogP contribution in [0.1, 0.15) is 41.5 Å². The number of ether oxygens (including phenoxy) is 4. The van der Waals surface area contributed by atoms with Gasteiger partial charge in [0.15, 0.2) is 23.0 Å². The van der Waals surface area contributed by atoms with E-state index in [1.165, 1.54) is 0 Å². The molecule has 4 rings (SSSR count). The Hall–Kier alpha value is -3.74. The molecule has 33 heavy (non-hydrogen) atoms. The van der Waals surface area contributed by atoms with E-state index in [9.17, 15) is 4.79 Å². The number of carbonyl (C=O) groups excluding carboxylic acids is 1. The molecular formula is C26H28N2O5. The summed E-state index contributed by atoms with van der Waals surface area (Å²) in [6, 6.07) is 16.4. The van der Waals surface area contributed by atoms with Gasteiger partial charge in [0.1, 0.15) is 19.8 Å². The molecule has 1 atom stereocenters. The maximum absolute atomic E-state index is 13.2. The number of nitrogens with one attached hydrogen (secondary N) is 1. The summed E-state index contributed by atoms with van der Waals surface area (Å²) >= 11 is 0. The zero-order valence-electron chi connectivity index (χ0n) is 19.0. The van der Waals surface area contributed by atoms with E-state index in [1.807, 2.05) is 36.4 Å². The van der Waals surface area contributed by atoms with Crippen LogP contribution in [0.5, 0.6) is 23.0 Å². The van der Waals surface area contributed by atoms with Crippen molar-refractivity contribution in [1.82, 2.24) is 10.3 Å². The Balaban J connectivity index is 1.52. The summed E-state index contributed by atoms with van der Waals surface area (Å²) in [5.74, 6) is 2.42. The highest BCUT2D eigenvalue weighted by molar-refractivity contribution is 5.95. The van der Waals surface area contributed by atoms with Crippen molar-refractivity contribution in [3.8, 4) is 23.0 Å². The van der Waals surface area contributed by atoms with Crippen molar-refractivity contribution in [2.75, 3.05) is 20.3 Å². The van der Waals surface area contributed by atoms with Crippen LogP contribution in [-0.2, 0) is 6.61 Å². The van der Waals surface area contributed by atoms with Crippen LogP contribution in [0.15, 0.2) is 60.8 Å². The Kier molecular flexibility index (Phi) is 6.98. The highest BCUT2D eigenvalue weighted by Crippen LogP contribution is 2.35. The molecule has 172 valence electrons. The van der Waals surface area contributed by atoms with Crippen LogP contribution in [0.3, 0.4) is 0 Å². The van der Waals surface area contributed by atoms with Crippen LogP contribution in [0, 0.1) is 5.92 Å². The molecule has 1 N–H and O–H groups in total. The van der Waals surface area contributed by atoms with Gasteiger partial charge in [-0.2, -0.15) is 0 Å². The number of pyridine rings is 1. The average molecular weight is 449 g/mol. The second kappa shape index (κ2) is 10.3. The van der Waals surface area contributed by atoms with Crippen molar-refractivity contribution in [3.05, 3.63) is 77.6 Å². The first-order chi connectivity index (χ1) is 16.0. The molecule has 2 aromatic carbocycles. The lowest BCUT2D eigenvalue weighted by Crippen LogP contribution is -2.32. The molecule has 2 heterocycles. The molecule has 0 spiro atoms. The number of nitrogens with zero attached hydrogens (tertiary/aromatic N) is 1. The van der Waals surface area contributed by atoms with Gasteiger partial charge in [-0.15, -0.1) is 0 Å². The Bertz CT molecular complexity index is 1100. The first kappa shape index (κ1) is 22.5. The quantitative estimate of drug-likeness (QED) is 0.544. The number of carbonyl (C=O) groups is 1. The summed E-state index contributed by atoms with van der Waals surface area (Å²) in [7, 11) is 1.57. The van der Waals surface area contributed by atoms with E-state index in [0.29, 0.717) is 36.0 Å². The number of hydrogen-bond donors (Lipinski definition) is 1. The van der Waals surface area contributed by atoms with Crippen molar-refractivity contribution in [2.24, 2.45) is 5.92 Å². The maximum atomic E-state index is 13.2. The van der Waals surface area contributed by atoms with Gasteiger partial charge in [-0.3, -0.25) is 9.78 Å². The van der Waals surface area contributed by atoms with E-state index in [1.54, 1.807) is 31.5 Å². The van der Waals surface area contributed by atoms with Gasteiger partial charge in [0.2, 0.25) is 0 Å². The lowest BCUT2D eigenvalue weighted by Gasteiger charge is -2.25. The Morgan fingerprint density at radius 1 is 1.03 bits per heavy atom. The molecule has 0 radical (unpaired) electrons. The molecule has 1 aliphatic heterocycles. The highest BCUT2D eigenvalue weighted by Gasteiger charge is 2.23. The van der Waals surface area contributed by atoms with Crippen LogP contribution in [0.2, 0.25) is 0 Å². The van der Waals surface area contributed by atoms with Gasteiger partial charge in [-0.25, -0.2) is 0 Å². The zero-order chi connectivity index (χ0) is 23.2. The van der Waals surface area contributed by atoms with E-state index >= 15 is 0 Å². The smallest absolute Gasteiger partial charge is 0.251 e. The van der Waals surface area contributed by atoms with Crippen LogP contribution in [0.4, 0.5) is 0 Å². The minimum atomic E-state index is -0.201. The SMILES string of the molecule is COc1ccc(C(=O)NC(c2ccc3c(c2)OCCO3)C(C)C)cc1OCc1ccccn1. The third-order valence-corrected chi connectivity index (χ3v) is 5.41. The topological polar surface area (TPSA) is 78.9 Å². The normalized spacial score (nSPS) is 13.3. The first-order valence-electron chi connectivity index (χ1n) is 11.0. The van der Waals surface area contributed by atoms with Crippen molar-refractivity contribution in [1.29, 1.82) is 0 Å². The molecule has 0 fully saturated rings. The van der Waals surface area contributed by atoms with E-state index in [2.05, 4.69) is 24.1 Å². The standard InChI is InChI=1S/C26H28N2O5/c1-17(2)25(18-7-10-22-24(14-18)32-13-12-31-22)28-26(29)19-8-9-21(30-3)23(15-19)33-16-20-6-4-5-11-27-20/h4-11,14-15,17,25H,12-13,16H2,1-3H3,(H,28,29). The highest BCUT2D eigenvalue weighted by atomic mass is 16.6. The van der Waals surface area contributed by atoms with E-state index in [0.717, 1.165) is 17.0 Å². The lowest BCUT2D eigenvalue weighted by atomic mass is 9.95. The average Bonchev–Trinajstić information content (AvgIpc) is 2.85. The lowest BCUT2D eigenvalue weighted by molar-refractivity contribution is 0.0924. The number of aromatic nitrogens is 1. The second-order valence-corrected chi connectivity index (χ2v) is 8.07. The van der Waals surface area contributed by atoms with Gasteiger partial charge in [0.05, 0.1) is 18.8 Å². The van der Waals surface area contributed by atoms with E-state index < -0.39 is 0 Å². The van der Waals surface area contributed by atoms with Gasteiger partial charge < -0.3 is 24.3 Å². The molecular weight excluding hydrogens is 420 g/mol. The molecule has 3 aromatic rings. The monoisotopic (exact) mass is 448 g/mol. The van der Waals surface area contributed by atoms with Crippen LogP contribution >= 0.6 is 0 Å². The minimum absolute atomic E-state index is 0.162. The van der Waals surface area contributed by atoms with Gasteiger partial charge in [0, 0.05) is 11.8 Å². The van der Waals surface area contributed by atoms with Crippen molar-refractivity contribution in [2.45, 2.75) is 26.5 Å². The molecule has 1 amide bonds. The van der Waals surface area contributed by atoms with Gasteiger partial charge in [-0.1, -0.05) is 26.0 Å². The molecule has 0 bridgehead atoms.